The number of nitrogens with one attached hydrogen (secondary N) is 2. The summed E-state index contributed by atoms with van der Waals surface area (Å²) >= 11 is 6.43. The summed E-state index contributed by atoms with van der Waals surface area (Å²) in [4.78, 5) is 44.4. The number of aromatic nitrogens is 4. The summed E-state index contributed by atoms with van der Waals surface area (Å²) in [7, 11) is 0. The number of ether oxygens (including phenoxy) is 1. The molecule has 2 amide bonds. The first-order valence-electron chi connectivity index (χ1n) is 11.8. The van der Waals surface area contributed by atoms with Gasteiger partial charge in [0, 0.05) is 49.3 Å². The Labute approximate surface area is 213 Å². The van der Waals surface area contributed by atoms with E-state index < -0.39 is 0 Å². The zero-order valence-corrected chi connectivity index (χ0v) is 20.5. The van der Waals surface area contributed by atoms with Gasteiger partial charge in [-0.25, -0.2) is 9.97 Å². The lowest BCUT2D eigenvalue weighted by Gasteiger charge is -2.23. The molecule has 0 bridgehead atoms. The summed E-state index contributed by atoms with van der Waals surface area (Å²) in [5.41, 5.74) is 3.30. The molecule has 5 rings (SSSR count). The zero-order chi connectivity index (χ0) is 25.1. The van der Waals surface area contributed by atoms with Gasteiger partial charge in [0.05, 0.1) is 34.8 Å². The first-order chi connectivity index (χ1) is 17.5. The third kappa shape index (κ3) is 5.29. The predicted molar refractivity (Wildman–Crippen MR) is 133 cm³/mol. The number of carbonyl (C=O) groups excluding carboxylic acids is 2. The van der Waals surface area contributed by atoms with Crippen molar-refractivity contribution in [2.24, 2.45) is 0 Å². The molecular formula is C25H26ClN7O3. The van der Waals surface area contributed by atoms with Gasteiger partial charge in [0.15, 0.2) is 0 Å². The fourth-order valence-electron chi connectivity index (χ4n) is 4.37. The fraction of sp³-hybridized carbons (Fsp3) is 0.360. The fourth-order valence-corrected chi connectivity index (χ4v) is 4.57. The monoisotopic (exact) mass is 507 g/mol. The van der Waals surface area contributed by atoms with E-state index in [2.05, 4.69) is 30.6 Å². The molecule has 3 aromatic rings. The molecule has 1 fully saturated rings. The highest BCUT2D eigenvalue weighted by atomic mass is 35.5. The molecule has 1 saturated heterocycles. The van der Waals surface area contributed by atoms with Crippen molar-refractivity contribution in [2.45, 2.75) is 38.4 Å². The van der Waals surface area contributed by atoms with Crippen LogP contribution in [-0.4, -0.2) is 62.5 Å². The summed E-state index contributed by atoms with van der Waals surface area (Å²) in [6.07, 6.45) is 8.08. The molecule has 0 aliphatic carbocycles. The normalized spacial score (nSPS) is 16.5. The molecule has 0 saturated carbocycles. The molecule has 186 valence electrons. The van der Waals surface area contributed by atoms with E-state index in [0.717, 1.165) is 18.4 Å². The van der Waals surface area contributed by atoms with Gasteiger partial charge in [-0.1, -0.05) is 23.7 Å². The van der Waals surface area contributed by atoms with Gasteiger partial charge in [0.2, 0.25) is 11.9 Å². The Balaban J connectivity index is 1.28. The topological polar surface area (TPSA) is 122 Å². The van der Waals surface area contributed by atoms with Crippen molar-refractivity contribution in [3.63, 3.8) is 0 Å². The van der Waals surface area contributed by atoms with Gasteiger partial charge in [-0.2, -0.15) is 0 Å². The standard InChI is InChI=1S/C25H26ClN7O3/c1-15(21-12-27-6-7-28-21)30-22(34)14-33-13-17-3-2-16(10-19(17)24(33)35)23-20(26)11-29-25(32-23)31-18-4-8-36-9-5-18/h2-3,6-7,10-12,15,18H,4-5,8-9,13-14H2,1H3,(H,30,34)(H,29,31,32)/t15-/m1/s1. The van der Waals surface area contributed by atoms with Crippen LogP contribution in [0, 0.1) is 0 Å². The molecular weight excluding hydrogens is 482 g/mol. The predicted octanol–water partition coefficient (Wildman–Crippen LogP) is 3.01. The lowest BCUT2D eigenvalue weighted by atomic mass is 10.0. The van der Waals surface area contributed by atoms with E-state index in [-0.39, 0.29) is 30.4 Å². The third-order valence-electron chi connectivity index (χ3n) is 6.30. The Morgan fingerprint density at radius 3 is 2.83 bits per heavy atom. The number of halogens is 1. The van der Waals surface area contributed by atoms with E-state index in [9.17, 15) is 9.59 Å². The van der Waals surface area contributed by atoms with E-state index in [1.807, 2.05) is 19.1 Å². The smallest absolute Gasteiger partial charge is 0.254 e. The van der Waals surface area contributed by atoms with Crippen LogP contribution in [0.5, 0.6) is 0 Å². The number of carbonyl (C=O) groups is 2. The van der Waals surface area contributed by atoms with Crippen LogP contribution in [0.15, 0.2) is 43.0 Å². The van der Waals surface area contributed by atoms with Crippen LogP contribution in [0.2, 0.25) is 5.02 Å². The highest BCUT2D eigenvalue weighted by Gasteiger charge is 2.30. The Hall–Kier alpha value is -3.63. The highest BCUT2D eigenvalue weighted by molar-refractivity contribution is 6.33. The number of amides is 2. The van der Waals surface area contributed by atoms with Crippen molar-refractivity contribution in [1.29, 1.82) is 0 Å². The van der Waals surface area contributed by atoms with Crippen molar-refractivity contribution in [1.82, 2.24) is 30.2 Å². The van der Waals surface area contributed by atoms with Crippen molar-refractivity contribution in [3.8, 4) is 11.3 Å². The SMILES string of the molecule is C[C@@H](NC(=O)CN1Cc2ccc(-c3nc(NC4CCOCC4)ncc3Cl)cc2C1=O)c1cnccn1. The summed E-state index contributed by atoms with van der Waals surface area (Å²) in [6, 6.07) is 5.47. The third-order valence-corrected chi connectivity index (χ3v) is 6.58. The zero-order valence-electron chi connectivity index (χ0n) is 19.8. The maximum absolute atomic E-state index is 13.1. The molecule has 10 nitrogen and oxygen atoms in total. The van der Waals surface area contributed by atoms with Gasteiger partial charge >= 0.3 is 0 Å². The minimum absolute atomic E-state index is 0.0547. The van der Waals surface area contributed by atoms with Crippen molar-refractivity contribution in [2.75, 3.05) is 25.1 Å². The average molecular weight is 508 g/mol. The number of fused-ring (bicyclic) bond motifs is 1. The van der Waals surface area contributed by atoms with E-state index in [0.29, 0.717) is 53.2 Å². The van der Waals surface area contributed by atoms with Crippen LogP contribution in [0.4, 0.5) is 5.95 Å². The summed E-state index contributed by atoms with van der Waals surface area (Å²) < 4.78 is 5.41. The number of benzene rings is 1. The minimum atomic E-state index is -0.318. The van der Waals surface area contributed by atoms with Crippen LogP contribution in [0.3, 0.4) is 0 Å². The summed E-state index contributed by atoms with van der Waals surface area (Å²) in [5.74, 6) is 0.0146. The van der Waals surface area contributed by atoms with E-state index >= 15 is 0 Å². The van der Waals surface area contributed by atoms with Crippen molar-refractivity contribution >= 4 is 29.4 Å². The molecule has 1 aromatic carbocycles. The molecule has 0 spiro atoms. The molecule has 36 heavy (non-hydrogen) atoms. The molecule has 0 radical (unpaired) electrons. The molecule has 2 N–H and O–H groups in total. The average Bonchev–Trinajstić information content (AvgIpc) is 3.20. The number of anilines is 1. The quantitative estimate of drug-likeness (QED) is 0.500. The van der Waals surface area contributed by atoms with Gasteiger partial charge in [0.1, 0.15) is 6.54 Å². The van der Waals surface area contributed by atoms with E-state index in [4.69, 9.17) is 16.3 Å². The number of hydrogen-bond acceptors (Lipinski definition) is 8. The van der Waals surface area contributed by atoms with Gasteiger partial charge in [-0.3, -0.25) is 19.6 Å². The van der Waals surface area contributed by atoms with Gasteiger partial charge < -0.3 is 20.3 Å². The van der Waals surface area contributed by atoms with Crippen LogP contribution < -0.4 is 10.6 Å². The first kappa shape index (κ1) is 24.1. The Kier molecular flexibility index (Phi) is 7.06. The summed E-state index contributed by atoms with van der Waals surface area (Å²) in [6.45, 7) is 3.54. The second kappa shape index (κ2) is 10.5. The number of nitrogens with zero attached hydrogens (tertiary/aromatic N) is 5. The van der Waals surface area contributed by atoms with E-state index in [1.54, 1.807) is 30.9 Å². The van der Waals surface area contributed by atoms with Crippen molar-refractivity contribution in [3.05, 3.63) is 64.8 Å². The largest absolute Gasteiger partial charge is 0.381 e. The number of rotatable bonds is 7. The molecule has 4 heterocycles. The van der Waals surface area contributed by atoms with Gasteiger partial charge in [0.25, 0.3) is 5.91 Å². The lowest BCUT2D eigenvalue weighted by molar-refractivity contribution is -0.122. The number of hydrogen-bond donors (Lipinski definition) is 2. The van der Waals surface area contributed by atoms with Gasteiger partial charge in [-0.05, 0) is 31.4 Å². The molecule has 1 atom stereocenters. The lowest BCUT2D eigenvalue weighted by Crippen LogP contribution is -2.38. The Bertz CT molecular complexity index is 1270. The van der Waals surface area contributed by atoms with Gasteiger partial charge in [-0.15, -0.1) is 0 Å². The molecule has 0 unspecified atom stereocenters. The molecule has 2 aliphatic heterocycles. The van der Waals surface area contributed by atoms with Crippen LogP contribution in [0.1, 0.15) is 47.4 Å². The minimum Gasteiger partial charge on any atom is -0.381 e. The van der Waals surface area contributed by atoms with Crippen LogP contribution >= 0.6 is 11.6 Å². The second-order valence-electron chi connectivity index (χ2n) is 8.87. The Morgan fingerprint density at radius 2 is 2.06 bits per heavy atom. The summed E-state index contributed by atoms with van der Waals surface area (Å²) in [5, 5.41) is 6.61. The molecule has 11 heteroatoms. The molecule has 2 aliphatic rings. The second-order valence-corrected chi connectivity index (χ2v) is 9.28. The first-order valence-corrected chi connectivity index (χ1v) is 12.2. The molecule has 2 aromatic heterocycles. The van der Waals surface area contributed by atoms with Crippen LogP contribution in [0.25, 0.3) is 11.3 Å². The van der Waals surface area contributed by atoms with Crippen molar-refractivity contribution < 1.29 is 14.3 Å². The van der Waals surface area contributed by atoms with Crippen LogP contribution in [-0.2, 0) is 16.1 Å². The van der Waals surface area contributed by atoms with E-state index in [1.165, 1.54) is 4.90 Å². The maximum atomic E-state index is 13.1. The highest BCUT2D eigenvalue weighted by Crippen LogP contribution is 2.31. The Morgan fingerprint density at radius 1 is 1.22 bits per heavy atom. The maximum Gasteiger partial charge on any atom is 0.254 e.